The largest absolute Gasteiger partial charge is 0.330 e. The summed E-state index contributed by atoms with van der Waals surface area (Å²) in [5.74, 6) is 0.266. The van der Waals surface area contributed by atoms with Gasteiger partial charge in [-0.15, -0.1) is 0 Å². The van der Waals surface area contributed by atoms with Gasteiger partial charge < -0.3 is 5.73 Å². The molecule has 2 unspecified atom stereocenters. The van der Waals surface area contributed by atoms with Crippen LogP contribution in [0.25, 0.3) is 0 Å². The Hall–Kier alpha value is -1.68. The van der Waals surface area contributed by atoms with E-state index in [1.165, 1.54) is 4.90 Å². The number of nitrogens with two attached hydrogens (primary N) is 1. The maximum absolute atomic E-state index is 12.6. The molecule has 0 aromatic heterocycles. The van der Waals surface area contributed by atoms with Crippen LogP contribution in [-0.2, 0) is 16.0 Å². The average molecular weight is 286 g/mol. The Morgan fingerprint density at radius 1 is 1.19 bits per heavy atom. The summed E-state index contributed by atoms with van der Waals surface area (Å²) in [6.07, 6.45) is 3.48. The maximum atomic E-state index is 12.6. The molecule has 1 aliphatic carbocycles. The monoisotopic (exact) mass is 286 g/mol. The molecule has 0 bridgehead atoms. The highest BCUT2D eigenvalue weighted by Crippen LogP contribution is 2.44. The van der Waals surface area contributed by atoms with E-state index in [1.54, 1.807) is 0 Å². The molecule has 1 saturated heterocycles. The van der Waals surface area contributed by atoms with Crippen molar-refractivity contribution in [2.45, 2.75) is 32.6 Å². The van der Waals surface area contributed by atoms with Crippen LogP contribution in [0.5, 0.6) is 0 Å². The molecule has 2 N–H and O–H groups in total. The summed E-state index contributed by atoms with van der Waals surface area (Å²) in [4.78, 5) is 26.5. The normalized spacial score (nSPS) is 28.3. The molecular formula is C17H22N2O2. The predicted molar refractivity (Wildman–Crippen MR) is 81.7 cm³/mol. The number of amides is 2. The molecule has 1 aromatic carbocycles. The highest BCUT2D eigenvalue weighted by atomic mass is 16.2. The summed E-state index contributed by atoms with van der Waals surface area (Å²) in [5, 5.41) is 0. The molecule has 112 valence electrons. The molecule has 1 saturated carbocycles. The van der Waals surface area contributed by atoms with E-state index in [1.807, 2.05) is 24.3 Å². The zero-order valence-corrected chi connectivity index (χ0v) is 12.4. The molecule has 2 fully saturated rings. The predicted octanol–water partition coefficient (Wildman–Crippen LogP) is 2.11. The van der Waals surface area contributed by atoms with Crippen molar-refractivity contribution in [3.05, 3.63) is 29.8 Å². The first-order valence-electron chi connectivity index (χ1n) is 7.78. The number of benzene rings is 1. The molecule has 2 aliphatic rings. The molecule has 21 heavy (non-hydrogen) atoms. The van der Waals surface area contributed by atoms with Gasteiger partial charge in [0, 0.05) is 0 Å². The van der Waals surface area contributed by atoms with Gasteiger partial charge in [0.2, 0.25) is 11.8 Å². The van der Waals surface area contributed by atoms with Crippen LogP contribution in [0.1, 0.15) is 31.7 Å². The van der Waals surface area contributed by atoms with E-state index in [9.17, 15) is 9.59 Å². The number of anilines is 1. The Labute approximate surface area is 125 Å². The summed E-state index contributed by atoms with van der Waals surface area (Å²) in [5.41, 5.74) is 7.39. The molecule has 1 aromatic rings. The quantitative estimate of drug-likeness (QED) is 0.862. The molecular weight excluding hydrogens is 264 g/mol. The van der Waals surface area contributed by atoms with Gasteiger partial charge in [0.15, 0.2) is 0 Å². The zero-order chi connectivity index (χ0) is 15.0. The molecule has 1 heterocycles. The molecule has 0 radical (unpaired) electrons. The van der Waals surface area contributed by atoms with Gasteiger partial charge in [0.25, 0.3) is 0 Å². The number of carbonyl (C=O) groups is 2. The third-order valence-electron chi connectivity index (χ3n) is 4.71. The standard InChI is InChI=1S/C17H22N2O2/c1-11-8-14-15(9-11)17(21)19(16(14)20)13-6-2-4-12(10-13)5-3-7-18/h2,4,6,10-11,14-15H,3,5,7-9,18H2,1H3. The number of rotatable bonds is 4. The van der Waals surface area contributed by atoms with Crippen LogP contribution in [0.4, 0.5) is 5.69 Å². The fraction of sp³-hybridized carbons (Fsp3) is 0.529. The van der Waals surface area contributed by atoms with Crippen molar-refractivity contribution in [2.24, 2.45) is 23.5 Å². The first-order valence-corrected chi connectivity index (χ1v) is 7.78. The third-order valence-corrected chi connectivity index (χ3v) is 4.71. The van der Waals surface area contributed by atoms with Crippen LogP contribution in [0, 0.1) is 17.8 Å². The smallest absolute Gasteiger partial charge is 0.237 e. The third kappa shape index (κ3) is 2.48. The van der Waals surface area contributed by atoms with Crippen LogP contribution in [0.15, 0.2) is 24.3 Å². The average Bonchev–Trinajstić information content (AvgIpc) is 2.96. The highest BCUT2D eigenvalue weighted by Gasteiger charge is 2.52. The number of hydrogen-bond donors (Lipinski definition) is 1. The van der Waals surface area contributed by atoms with E-state index in [0.717, 1.165) is 36.9 Å². The number of imide groups is 1. The zero-order valence-electron chi connectivity index (χ0n) is 12.4. The Balaban J connectivity index is 1.84. The Kier molecular flexibility index (Phi) is 3.81. The summed E-state index contributed by atoms with van der Waals surface area (Å²) < 4.78 is 0. The number of fused-ring (bicyclic) bond motifs is 1. The van der Waals surface area contributed by atoms with Gasteiger partial charge in [0.05, 0.1) is 17.5 Å². The highest BCUT2D eigenvalue weighted by molar-refractivity contribution is 6.22. The van der Waals surface area contributed by atoms with E-state index in [4.69, 9.17) is 5.73 Å². The summed E-state index contributed by atoms with van der Waals surface area (Å²) >= 11 is 0. The fourth-order valence-electron chi connectivity index (χ4n) is 3.69. The van der Waals surface area contributed by atoms with Crippen LogP contribution >= 0.6 is 0 Å². The number of nitrogens with zero attached hydrogens (tertiary/aromatic N) is 1. The fourth-order valence-corrected chi connectivity index (χ4v) is 3.69. The van der Waals surface area contributed by atoms with Crippen molar-refractivity contribution in [1.82, 2.24) is 0 Å². The van der Waals surface area contributed by atoms with Crippen molar-refractivity contribution in [1.29, 1.82) is 0 Å². The lowest BCUT2D eigenvalue weighted by Gasteiger charge is -2.17. The summed E-state index contributed by atoms with van der Waals surface area (Å²) in [7, 11) is 0. The first kappa shape index (κ1) is 14.3. The minimum atomic E-state index is -0.0970. The van der Waals surface area contributed by atoms with E-state index >= 15 is 0 Å². The Morgan fingerprint density at radius 2 is 1.86 bits per heavy atom. The SMILES string of the molecule is CC1CC2C(=O)N(c3cccc(CCCN)c3)C(=O)C2C1. The van der Waals surface area contributed by atoms with Gasteiger partial charge in [0.1, 0.15) is 0 Å². The molecule has 2 atom stereocenters. The molecule has 2 amide bonds. The van der Waals surface area contributed by atoms with Crippen LogP contribution in [-0.4, -0.2) is 18.4 Å². The molecule has 1 aliphatic heterocycles. The number of aryl methyl sites for hydroxylation is 1. The lowest BCUT2D eigenvalue weighted by Crippen LogP contribution is -2.32. The topological polar surface area (TPSA) is 63.4 Å². The molecule has 0 spiro atoms. The summed E-state index contributed by atoms with van der Waals surface area (Å²) in [6, 6.07) is 7.74. The second-order valence-corrected chi connectivity index (χ2v) is 6.36. The van der Waals surface area contributed by atoms with Crippen LogP contribution in [0.3, 0.4) is 0 Å². The first-order chi connectivity index (χ1) is 10.1. The van der Waals surface area contributed by atoms with E-state index < -0.39 is 0 Å². The summed E-state index contributed by atoms with van der Waals surface area (Å²) in [6.45, 7) is 2.77. The van der Waals surface area contributed by atoms with Crippen molar-refractivity contribution in [3.8, 4) is 0 Å². The van der Waals surface area contributed by atoms with Gasteiger partial charge >= 0.3 is 0 Å². The van der Waals surface area contributed by atoms with Crippen LogP contribution in [0.2, 0.25) is 0 Å². The minimum absolute atomic E-state index is 0.00896. The minimum Gasteiger partial charge on any atom is -0.330 e. The maximum Gasteiger partial charge on any atom is 0.237 e. The second kappa shape index (κ2) is 5.60. The van der Waals surface area contributed by atoms with E-state index in [0.29, 0.717) is 12.5 Å². The number of hydrogen-bond acceptors (Lipinski definition) is 3. The lowest BCUT2D eigenvalue weighted by atomic mass is 10.00. The molecule has 3 rings (SSSR count). The van der Waals surface area contributed by atoms with Gasteiger partial charge in [-0.05, 0) is 55.8 Å². The Morgan fingerprint density at radius 3 is 2.48 bits per heavy atom. The van der Waals surface area contributed by atoms with Crippen molar-refractivity contribution in [3.63, 3.8) is 0 Å². The van der Waals surface area contributed by atoms with Crippen LogP contribution < -0.4 is 10.6 Å². The molecule has 4 nitrogen and oxygen atoms in total. The Bertz CT molecular complexity index is 546. The van der Waals surface area contributed by atoms with Gasteiger partial charge in [-0.3, -0.25) is 14.5 Å². The van der Waals surface area contributed by atoms with Gasteiger partial charge in [-0.1, -0.05) is 19.1 Å². The van der Waals surface area contributed by atoms with Crippen molar-refractivity contribution < 1.29 is 9.59 Å². The van der Waals surface area contributed by atoms with E-state index in [-0.39, 0.29) is 23.7 Å². The van der Waals surface area contributed by atoms with Gasteiger partial charge in [-0.2, -0.15) is 0 Å². The van der Waals surface area contributed by atoms with E-state index in [2.05, 4.69) is 6.92 Å². The second-order valence-electron chi connectivity index (χ2n) is 6.36. The van der Waals surface area contributed by atoms with Crippen molar-refractivity contribution >= 4 is 17.5 Å². The number of carbonyl (C=O) groups excluding carboxylic acids is 2. The lowest BCUT2D eigenvalue weighted by molar-refractivity contribution is -0.123. The molecule has 4 heteroatoms. The van der Waals surface area contributed by atoms with Crippen molar-refractivity contribution in [2.75, 3.05) is 11.4 Å². The van der Waals surface area contributed by atoms with Gasteiger partial charge in [-0.25, -0.2) is 0 Å².